The molecule has 0 unspecified atom stereocenters. The molecule has 0 heterocycles. The van der Waals surface area contributed by atoms with Crippen molar-refractivity contribution in [1.29, 1.82) is 0 Å². The number of rotatable bonds is 2. The molecule has 0 saturated carbocycles. The van der Waals surface area contributed by atoms with Gasteiger partial charge in [-0.15, -0.1) is 5.17 Å². The zero-order chi connectivity index (χ0) is 5.86. The first kappa shape index (κ1) is 6.35. The highest BCUT2D eigenvalue weighted by molar-refractivity contribution is 5.68. The van der Waals surface area contributed by atoms with Gasteiger partial charge in [0.25, 0.3) is 0 Å². The number of carbonyl (C=O) groups is 1. The van der Waals surface area contributed by atoms with Gasteiger partial charge < -0.3 is 5.11 Å². The zero-order valence-electron chi connectivity index (χ0n) is 3.53. The molecule has 0 aliphatic carbocycles. The summed E-state index contributed by atoms with van der Waals surface area (Å²) >= 11 is 0. The van der Waals surface area contributed by atoms with E-state index in [1.54, 1.807) is 0 Å². The lowest BCUT2D eigenvalue weighted by molar-refractivity contribution is -0.153. The average molecular weight is 106 g/mol. The van der Waals surface area contributed by atoms with Crippen molar-refractivity contribution in [3.8, 4) is 0 Å². The zero-order valence-corrected chi connectivity index (χ0v) is 3.53. The van der Waals surface area contributed by atoms with Crippen LogP contribution in [0.2, 0.25) is 0 Å². The third-order valence-corrected chi connectivity index (χ3v) is 0.297. The van der Waals surface area contributed by atoms with Crippen LogP contribution in [0, 0.1) is 0 Å². The van der Waals surface area contributed by atoms with Crippen LogP contribution in [0.25, 0.3) is 0 Å². The van der Waals surface area contributed by atoms with Crippen LogP contribution in [0.5, 0.6) is 0 Å². The summed E-state index contributed by atoms with van der Waals surface area (Å²) in [5.74, 6) is 3.34. The van der Waals surface area contributed by atoms with Gasteiger partial charge in [0.15, 0.2) is 0 Å². The molecule has 5 nitrogen and oxygen atoms in total. The van der Waals surface area contributed by atoms with E-state index in [1.807, 2.05) is 0 Å². The molecule has 0 saturated heterocycles. The lowest BCUT2D eigenvalue weighted by Crippen LogP contribution is -2.32. The Labute approximate surface area is 39.9 Å². The summed E-state index contributed by atoms with van der Waals surface area (Å²) < 4.78 is 0. The van der Waals surface area contributed by atoms with E-state index >= 15 is 0 Å². The van der Waals surface area contributed by atoms with Crippen LogP contribution in [0.1, 0.15) is 0 Å². The molecule has 4 N–H and O–H groups in total. The Kier molecular flexibility index (Phi) is 2.28. The van der Waals surface area contributed by atoms with Crippen molar-refractivity contribution in [3.63, 3.8) is 0 Å². The predicted molar refractivity (Wildman–Crippen MR) is 20.3 cm³/mol. The molecule has 0 radical (unpaired) electrons. The SMILES string of the molecule is NN(O)CC(=O)O. The van der Waals surface area contributed by atoms with Crippen molar-refractivity contribution in [2.45, 2.75) is 0 Å². The van der Waals surface area contributed by atoms with Gasteiger partial charge in [0.1, 0.15) is 6.54 Å². The van der Waals surface area contributed by atoms with Crippen LogP contribution in [0.15, 0.2) is 0 Å². The maximum absolute atomic E-state index is 9.53. The van der Waals surface area contributed by atoms with Crippen molar-refractivity contribution in [2.24, 2.45) is 5.84 Å². The molecule has 0 fully saturated rings. The lowest BCUT2D eigenvalue weighted by atomic mass is 10.7. The first-order chi connectivity index (χ1) is 3.13. The van der Waals surface area contributed by atoms with Crippen molar-refractivity contribution in [3.05, 3.63) is 0 Å². The van der Waals surface area contributed by atoms with Gasteiger partial charge in [-0.25, -0.2) is 5.84 Å². The van der Waals surface area contributed by atoms with Crippen molar-refractivity contribution >= 4 is 5.97 Å². The molecular formula is C2H6N2O3. The van der Waals surface area contributed by atoms with Crippen molar-refractivity contribution < 1.29 is 15.1 Å². The number of hydrazine groups is 1. The molecule has 0 aromatic heterocycles. The van der Waals surface area contributed by atoms with Gasteiger partial charge in [-0.1, -0.05) is 0 Å². The Hall–Kier alpha value is -0.650. The predicted octanol–water partition coefficient (Wildman–Crippen LogP) is -1.36. The molecule has 0 spiro atoms. The third-order valence-electron chi connectivity index (χ3n) is 0.297. The average Bonchev–Trinajstić information content (AvgIpc) is 1.27. The normalized spacial score (nSPS) is 9.57. The van der Waals surface area contributed by atoms with Crippen LogP contribution in [0.3, 0.4) is 0 Å². The molecule has 0 aromatic rings. The number of carboxylic acid groups (broad SMARTS) is 1. The molecule has 0 aliphatic rings. The summed E-state index contributed by atoms with van der Waals surface area (Å²) in [6.45, 7) is -0.556. The summed E-state index contributed by atoms with van der Waals surface area (Å²) in [7, 11) is 0. The summed E-state index contributed by atoms with van der Waals surface area (Å²) in [6, 6.07) is 0. The Bertz CT molecular complexity index is 71.3. The molecule has 5 heteroatoms. The molecule has 0 atom stereocenters. The fraction of sp³-hybridized carbons (Fsp3) is 0.500. The Morgan fingerprint density at radius 2 is 2.29 bits per heavy atom. The summed E-state index contributed by atoms with van der Waals surface area (Å²) in [5.41, 5.74) is 0. The highest BCUT2D eigenvalue weighted by Crippen LogP contribution is 1.64. The lowest BCUT2D eigenvalue weighted by Gasteiger charge is -1.99. The van der Waals surface area contributed by atoms with E-state index in [2.05, 4.69) is 5.84 Å². The summed E-state index contributed by atoms with van der Waals surface area (Å²) in [4.78, 5) is 9.53. The van der Waals surface area contributed by atoms with Crippen molar-refractivity contribution in [2.75, 3.05) is 6.54 Å². The fourth-order valence-electron chi connectivity index (χ4n) is 0.139. The van der Waals surface area contributed by atoms with Crippen LogP contribution < -0.4 is 5.84 Å². The molecule has 0 aliphatic heterocycles. The Morgan fingerprint density at radius 1 is 1.86 bits per heavy atom. The molecule has 0 rings (SSSR count). The van der Waals surface area contributed by atoms with Gasteiger partial charge in [0.2, 0.25) is 0 Å². The molecule has 42 valence electrons. The second-order valence-electron chi connectivity index (χ2n) is 0.991. The third kappa shape index (κ3) is 5.35. The second-order valence-corrected chi connectivity index (χ2v) is 0.991. The molecule has 0 bridgehead atoms. The minimum absolute atomic E-state index is 0.0995. The number of carboxylic acids is 1. The maximum atomic E-state index is 9.53. The number of nitrogens with two attached hydrogens (primary N) is 1. The topological polar surface area (TPSA) is 86.8 Å². The van der Waals surface area contributed by atoms with E-state index in [-0.39, 0.29) is 5.17 Å². The van der Waals surface area contributed by atoms with Crippen LogP contribution in [-0.4, -0.2) is 28.0 Å². The smallest absolute Gasteiger partial charge is 0.321 e. The van der Waals surface area contributed by atoms with Gasteiger partial charge >= 0.3 is 5.97 Å². The fourth-order valence-corrected chi connectivity index (χ4v) is 0.139. The van der Waals surface area contributed by atoms with Gasteiger partial charge in [0, 0.05) is 0 Å². The summed E-state index contributed by atoms with van der Waals surface area (Å²) in [6.07, 6.45) is 0. The van der Waals surface area contributed by atoms with E-state index in [1.165, 1.54) is 0 Å². The quantitative estimate of drug-likeness (QED) is 0.299. The number of hydrogen-bond donors (Lipinski definition) is 3. The van der Waals surface area contributed by atoms with Gasteiger partial charge in [-0.3, -0.25) is 10.0 Å². The summed E-state index contributed by atoms with van der Waals surface area (Å²) in [5, 5.41) is 15.9. The minimum Gasteiger partial charge on any atom is -0.480 e. The first-order valence-electron chi connectivity index (χ1n) is 1.56. The standard InChI is InChI=1S/C2H6N2O3/c3-4(7)1-2(5)6/h7H,1,3H2,(H,5,6). The highest BCUT2D eigenvalue weighted by atomic mass is 16.5. The van der Waals surface area contributed by atoms with E-state index in [0.717, 1.165) is 0 Å². The number of nitrogens with zero attached hydrogens (tertiary/aromatic N) is 1. The van der Waals surface area contributed by atoms with E-state index in [4.69, 9.17) is 10.3 Å². The molecule has 7 heavy (non-hydrogen) atoms. The Morgan fingerprint density at radius 3 is 2.29 bits per heavy atom. The van der Waals surface area contributed by atoms with Crippen LogP contribution in [-0.2, 0) is 4.79 Å². The molecule has 0 aromatic carbocycles. The highest BCUT2D eigenvalue weighted by Gasteiger charge is 1.97. The van der Waals surface area contributed by atoms with E-state index in [9.17, 15) is 4.79 Å². The monoisotopic (exact) mass is 106 g/mol. The number of aliphatic carboxylic acids is 1. The molecule has 0 amide bonds. The largest absolute Gasteiger partial charge is 0.480 e. The van der Waals surface area contributed by atoms with Crippen LogP contribution >= 0.6 is 0 Å². The van der Waals surface area contributed by atoms with E-state index < -0.39 is 12.5 Å². The second kappa shape index (κ2) is 2.51. The van der Waals surface area contributed by atoms with Crippen molar-refractivity contribution in [1.82, 2.24) is 5.17 Å². The molecular weight excluding hydrogens is 100 g/mol. The van der Waals surface area contributed by atoms with Gasteiger partial charge in [-0.2, -0.15) is 0 Å². The number of hydroxylamine groups is 1. The Balaban J connectivity index is 3.13. The first-order valence-corrected chi connectivity index (χ1v) is 1.56. The van der Waals surface area contributed by atoms with Gasteiger partial charge in [0.05, 0.1) is 0 Å². The minimum atomic E-state index is -1.16. The van der Waals surface area contributed by atoms with E-state index in [0.29, 0.717) is 0 Å². The maximum Gasteiger partial charge on any atom is 0.321 e. The van der Waals surface area contributed by atoms with Gasteiger partial charge in [-0.05, 0) is 0 Å². The number of hydrogen-bond acceptors (Lipinski definition) is 4. The van der Waals surface area contributed by atoms with Crippen LogP contribution in [0.4, 0.5) is 0 Å².